The fourth-order valence-electron chi connectivity index (χ4n) is 1.08. The molecule has 0 aromatic carbocycles. The van der Waals surface area contributed by atoms with Gasteiger partial charge in [-0.3, -0.25) is 10.4 Å². The quantitative estimate of drug-likeness (QED) is 0.171. The van der Waals surface area contributed by atoms with Crippen LogP contribution in [0, 0.1) is 0 Å². The van der Waals surface area contributed by atoms with E-state index in [9.17, 15) is 0 Å². The van der Waals surface area contributed by atoms with Crippen molar-refractivity contribution in [3.05, 3.63) is 0 Å². The maximum absolute atomic E-state index is 5.35. The minimum Gasteiger partial charge on any atom is -0.385 e. The first-order valence-corrected chi connectivity index (χ1v) is 5.67. The molecule has 0 fully saturated rings. The number of likely N-dealkylation sites (N-methyl/N-ethyl adjacent to an activating group) is 1. The van der Waals surface area contributed by atoms with Crippen LogP contribution in [0.4, 0.5) is 0 Å². The molecule has 0 aliphatic rings. The van der Waals surface area contributed by atoms with Gasteiger partial charge in [0.05, 0.1) is 0 Å². The lowest BCUT2D eigenvalue weighted by Crippen LogP contribution is -2.44. The molecule has 0 saturated carbocycles. The van der Waals surface area contributed by atoms with Crippen LogP contribution in [-0.4, -0.2) is 57.8 Å². The topological polar surface area (TPSA) is 74.9 Å². The largest absolute Gasteiger partial charge is 0.385 e. The van der Waals surface area contributed by atoms with Crippen molar-refractivity contribution in [2.75, 3.05) is 46.9 Å². The third kappa shape index (κ3) is 8.46. The van der Waals surface area contributed by atoms with Crippen LogP contribution in [0.5, 0.6) is 0 Å². The number of hydrazine groups is 1. The zero-order chi connectivity index (χ0) is 12.2. The van der Waals surface area contributed by atoms with E-state index < -0.39 is 0 Å². The molecule has 4 N–H and O–H groups in total. The Balaban J connectivity index is 3.64. The van der Waals surface area contributed by atoms with Crippen LogP contribution in [0.2, 0.25) is 0 Å². The van der Waals surface area contributed by atoms with Gasteiger partial charge in [0.1, 0.15) is 0 Å². The Labute approximate surface area is 98.2 Å². The number of guanidine groups is 1. The molecule has 16 heavy (non-hydrogen) atoms. The molecule has 0 amide bonds. The predicted octanol–water partition coefficient (Wildman–Crippen LogP) is -0.616. The summed E-state index contributed by atoms with van der Waals surface area (Å²) in [6, 6.07) is 0. The summed E-state index contributed by atoms with van der Waals surface area (Å²) in [4.78, 5) is 6.49. The Kier molecular flexibility index (Phi) is 10.1. The van der Waals surface area contributed by atoms with Crippen molar-refractivity contribution in [3.8, 4) is 0 Å². The van der Waals surface area contributed by atoms with Gasteiger partial charge in [0.2, 0.25) is 5.96 Å². The van der Waals surface area contributed by atoms with Crippen LogP contribution in [0.25, 0.3) is 0 Å². The van der Waals surface area contributed by atoms with Gasteiger partial charge >= 0.3 is 0 Å². The smallest absolute Gasteiger partial charge is 0.205 e. The fourth-order valence-corrected chi connectivity index (χ4v) is 1.08. The molecule has 6 heteroatoms. The molecule has 96 valence electrons. The van der Waals surface area contributed by atoms with Gasteiger partial charge in [-0.15, -0.1) is 0 Å². The van der Waals surface area contributed by atoms with E-state index in [2.05, 4.69) is 34.6 Å². The van der Waals surface area contributed by atoms with E-state index in [1.807, 2.05) is 0 Å². The molecular weight excluding hydrogens is 206 g/mol. The second-order valence-electron chi connectivity index (χ2n) is 3.54. The molecule has 0 rings (SSSR count). The lowest BCUT2D eigenvalue weighted by Gasteiger charge is -2.15. The van der Waals surface area contributed by atoms with Gasteiger partial charge in [-0.25, -0.2) is 5.84 Å². The molecule has 0 bridgehead atoms. The average Bonchev–Trinajstić information content (AvgIpc) is 2.31. The van der Waals surface area contributed by atoms with Crippen molar-refractivity contribution < 1.29 is 4.74 Å². The lowest BCUT2D eigenvalue weighted by molar-refractivity contribution is 0.197. The third-order valence-electron chi connectivity index (χ3n) is 2.24. The second kappa shape index (κ2) is 10.7. The van der Waals surface area contributed by atoms with Crippen LogP contribution in [0.1, 0.15) is 13.3 Å². The first-order valence-electron chi connectivity index (χ1n) is 5.67. The van der Waals surface area contributed by atoms with Gasteiger partial charge in [0.15, 0.2) is 0 Å². The van der Waals surface area contributed by atoms with Gasteiger partial charge < -0.3 is 15.0 Å². The van der Waals surface area contributed by atoms with Crippen molar-refractivity contribution in [1.82, 2.24) is 15.6 Å². The molecular formula is C10H25N5O. The lowest BCUT2D eigenvalue weighted by atomic mass is 10.4. The van der Waals surface area contributed by atoms with Crippen LogP contribution >= 0.6 is 0 Å². The number of ether oxygens (including phenoxy) is 1. The van der Waals surface area contributed by atoms with Crippen LogP contribution in [0.15, 0.2) is 4.99 Å². The molecule has 0 aliphatic heterocycles. The highest BCUT2D eigenvalue weighted by Crippen LogP contribution is 1.82. The fraction of sp³-hybridized carbons (Fsp3) is 0.900. The number of nitrogens with one attached hydrogen (secondary N) is 2. The Morgan fingerprint density at radius 3 is 2.81 bits per heavy atom. The number of nitrogens with two attached hydrogens (primary N) is 1. The molecule has 6 nitrogen and oxygen atoms in total. The number of aliphatic imine (C=N–C) groups is 1. The predicted molar refractivity (Wildman–Crippen MR) is 67.3 cm³/mol. The zero-order valence-electron chi connectivity index (χ0n) is 10.6. The molecule has 0 aliphatic carbocycles. The van der Waals surface area contributed by atoms with Gasteiger partial charge in [-0.2, -0.15) is 0 Å². The molecule has 0 spiro atoms. The highest BCUT2D eigenvalue weighted by molar-refractivity contribution is 5.79. The first-order chi connectivity index (χ1) is 7.74. The van der Waals surface area contributed by atoms with Crippen molar-refractivity contribution in [2.45, 2.75) is 13.3 Å². The summed E-state index contributed by atoms with van der Waals surface area (Å²) in [5.74, 6) is 5.99. The summed E-state index contributed by atoms with van der Waals surface area (Å²) in [5, 5.41) is 3.14. The second-order valence-corrected chi connectivity index (χ2v) is 3.54. The van der Waals surface area contributed by atoms with Gasteiger partial charge in [0, 0.05) is 33.4 Å². The monoisotopic (exact) mass is 231 g/mol. The standard InChI is InChI=1S/C10H25N5O/c1-4-15(2)8-7-13-10(14-11)12-6-5-9-16-3/h4-9,11H2,1-3H3,(H2,12,13,14). The van der Waals surface area contributed by atoms with Crippen molar-refractivity contribution in [2.24, 2.45) is 10.8 Å². The van der Waals surface area contributed by atoms with E-state index >= 15 is 0 Å². The SMILES string of the molecule is CCN(C)CCNC(=NCCCOC)NN. The van der Waals surface area contributed by atoms with E-state index in [-0.39, 0.29) is 0 Å². The van der Waals surface area contributed by atoms with E-state index in [1.165, 1.54) is 0 Å². The molecule has 0 atom stereocenters. The highest BCUT2D eigenvalue weighted by Gasteiger charge is 1.97. The van der Waals surface area contributed by atoms with Gasteiger partial charge in [-0.05, 0) is 20.0 Å². The number of methoxy groups -OCH3 is 1. The Morgan fingerprint density at radius 1 is 1.50 bits per heavy atom. The van der Waals surface area contributed by atoms with E-state index in [1.54, 1.807) is 7.11 Å². The number of hydrogen-bond acceptors (Lipinski definition) is 4. The van der Waals surface area contributed by atoms with Crippen LogP contribution in [-0.2, 0) is 4.74 Å². The van der Waals surface area contributed by atoms with E-state index in [0.29, 0.717) is 12.5 Å². The Hall–Kier alpha value is -0.850. The highest BCUT2D eigenvalue weighted by atomic mass is 16.5. The van der Waals surface area contributed by atoms with E-state index in [0.717, 1.165) is 32.7 Å². The third-order valence-corrected chi connectivity index (χ3v) is 2.24. The summed E-state index contributed by atoms with van der Waals surface area (Å²) in [6.07, 6.45) is 0.901. The van der Waals surface area contributed by atoms with Crippen LogP contribution in [0.3, 0.4) is 0 Å². The molecule has 0 unspecified atom stereocenters. The molecule has 0 radical (unpaired) electrons. The first kappa shape index (κ1) is 15.2. The van der Waals surface area contributed by atoms with Crippen molar-refractivity contribution in [1.29, 1.82) is 0 Å². The normalized spacial score (nSPS) is 11.9. The maximum atomic E-state index is 5.35. The Bertz CT molecular complexity index is 186. The summed E-state index contributed by atoms with van der Waals surface area (Å²) >= 11 is 0. The van der Waals surface area contributed by atoms with Crippen molar-refractivity contribution in [3.63, 3.8) is 0 Å². The number of hydrogen-bond donors (Lipinski definition) is 3. The maximum Gasteiger partial charge on any atom is 0.205 e. The number of rotatable bonds is 8. The summed E-state index contributed by atoms with van der Waals surface area (Å²) < 4.78 is 4.94. The number of nitrogens with zero attached hydrogens (tertiary/aromatic N) is 2. The minimum absolute atomic E-state index is 0.639. The minimum atomic E-state index is 0.639. The average molecular weight is 231 g/mol. The molecule has 0 aromatic heterocycles. The summed E-state index contributed by atoms with van der Waals surface area (Å²) in [5.41, 5.74) is 2.55. The molecule has 0 saturated heterocycles. The van der Waals surface area contributed by atoms with Gasteiger partial charge in [0.25, 0.3) is 0 Å². The molecule has 0 aromatic rings. The zero-order valence-corrected chi connectivity index (χ0v) is 10.6. The van der Waals surface area contributed by atoms with Gasteiger partial charge in [-0.1, -0.05) is 6.92 Å². The Morgan fingerprint density at radius 2 is 2.25 bits per heavy atom. The summed E-state index contributed by atoms with van der Waals surface area (Å²) in [6.45, 7) is 6.40. The molecule has 0 heterocycles. The van der Waals surface area contributed by atoms with Crippen LogP contribution < -0.4 is 16.6 Å². The van der Waals surface area contributed by atoms with Crippen molar-refractivity contribution >= 4 is 5.96 Å². The summed E-state index contributed by atoms with van der Waals surface area (Å²) in [7, 11) is 3.76. The van der Waals surface area contributed by atoms with E-state index in [4.69, 9.17) is 10.6 Å².